The lowest BCUT2D eigenvalue weighted by Crippen LogP contribution is -2.39. The van der Waals surface area contributed by atoms with Gasteiger partial charge in [-0.2, -0.15) is 13.2 Å². The number of pyridine rings is 1. The second kappa shape index (κ2) is 6.37. The van der Waals surface area contributed by atoms with Crippen molar-refractivity contribution in [2.75, 3.05) is 31.1 Å². The van der Waals surface area contributed by atoms with Crippen LogP contribution in [0.3, 0.4) is 0 Å². The molecule has 2 aliphatic heterocycles. The summed E-state index contributed by atoms with van der Waals surface area (Å²) in [6.45, 7) is 3.07. The molecule has 1 amide bonds. The molecule has 2 aliphatic rings. The maximum Gasteiger partial charge on any atom is 0.433 e. The van der Waals surface area contributed by atoms with Gasteiger partial charge < -0.3 is 9.80 Å². The van der Waals surface area contributed by atoms with Crippen LogP contribution in [0.15, 0.2) is 18.3 Å². The molecule has 2 saturated heterocycles. The fourth-order valence-corrected chi connectivity index (χ4v) is 3.35. The van der Waals surface area contributed by atoms with Crippen molar-refractivity contribution in [1.82, 2.24) is 9.88 Å². The Bertz CT molecular complexity index is 568. The van der Waals surface area contributed by atoms with Crippen molar-refractivity contribution >= 4 is 11.6 Å². The first kappa shape index (κ1) is 16.1. The first-order chi connectivity index (χ1) is 10.9. The molecule has 0 atom stereocenters. The van der Waals surface area contributed by atoms with E-state index in [4.69, 9.17) is 0 Å². The molecule has 126 valence electrons. The van der Waals surface area contributed by atoms with Crippen molar-refractivity contribution < 1.29 is 18.0 Å². The number of alkyl halides is 3. The smallest absolute Gasteiger partial charge is 0.371 e. The Kier molecular flexibility index (Phi) is 4.46. The summed E-state index contributed by atoms with van der Waals surface area (Å²) >= 11 is 0. The largest absolute Gasteiger partial charge is 0.433 e. The van der Waals surface area contributed by atoms with Crippen molar-refractivity contribution in [1.29, 1.82) is 0 Å². The van der Waals surface area contributed by atoms with E-state index >= 15 is 0 Å². The minimum absolute atomic E-state index is 0.233. The first-order valence-electron chi connectivity index (χ1n) is 7.99. The molecule has 0 spiro atoms. The minimum Gasteiger partial charge on any atom is -0.371 e. The number of piperidine rings is 1. The Labute approximate surface area is 133 Å². The fraction of sp³-hybridized carbons (Fsp3) is 0.625. The molecule has 4 nitrogen and oxygen atoms in total. The van der Waals surface area contributed by atoms with Gasteiger partial charge in [0.2, 0.25) is 5.91 Å². The van der Waals surface area contributed by atoms with Gasteiger partial charge in [-0.25, -0.2) is 0 Å². The topological polar surface area (TPSA) is 36.4 Å². The van der Waals surface area contributed by atoms with Crippen molar-refractivity contribution in [3.8, 4) is 0 Å². The maximum atomic E-state index is 12.7. The number of aromatic nitrogens is 1. The number of hydrogen-bond donors (Lipinski definition) is 0. The molecule has 0 unspecified atom stereocenters. The van der Waals surface area contributed by atoms with Crippen LogP contribution >= 0.6 is 0 Å². The molecule has 2 fully saturated rings. The highest BCUT2D eigenvalue weighted by atomic mass is 19.4. The van der Waals surface area contributed by atoms with E-state index in [1.807, 2.05) is 9.80 Å². The van der Waals surface area contributed by atoms with E-state index in [1.54, 1.807) is 6.07 Å². The fourth-order valence-electron chi connectivity index (χ4n) is 3.35. The van der Waals surface area contributed by atoms with E-state index in [2.05, 4.69) is 4.98 Å². The Balaban J connectivity index is 1.57. The zero-order chi connectivity index (χ0) is 16.4. The summed E-state index contributed by atoms with van der Waals surface area (Å²) in [5.74, 6) is 0.675. The summed E-state index contributed by atoms with van der Waals surface area (Å²) in [6, 6.07) is 2.74. The van der Waals surface area contributed by atoms with Crippen LogP contribution in [0.2, 0.25) is 0 Å². The molecule has 7 heteroatoms. The van der Waals surface area contributed by atoms with Crippen LogP contribution in [0.5, 0.6) is 0 Å². The molecule has 0 saturated carbocycles. The average molecular weight is 327 g/mol. The molecule has 0 bridgehead atoms. The van der Waals surface area contributed by atoms with Crippen molar-refractivity contribution in [3.63, 3.8) is 0 Å². The van der Waals surface area contributed by atoms with Gasteiger partial charge in [0.25, 0.3) is 0 Å². The molecule has 23 heavy (non-hydrogen) atoms. The summed E-state index contributed by atoms with van der Waals surface area (Å²) in [5, 5.41) is 0. The molecule has 0 radical (unpaired) electrons. The molecular weight excluding hydrogens is 307 g/mol. The summed E-state index contributed by atoms with van der Waals surface area (Å²) in [7, 11) is 0. The Hall–Kier alpha value is -1.79. The molecule has 3 heterocycles. The minimum atomic E-state index is -4.41. The van der Waals surface area contributed by atoms with Crippen LogP contribution in [0.4, 0.5) is 18.9 Å². The molecule has 0 aliphatic carbocycles. The number of amides is 1. The third-order valence-corrected chi connectivity index (χ3v) is 4.66. The molecule has 1 aromatic rings. The molecule has 0 N–H and O–H groups in total. The number of anilines is 1. The first-order valence-corrected chi connectivity index (χ1v) is 7.99. The lowest BCUT2D eigenvalue weighted by molar-refractivity contribution is -0.141. The number of likely N-dealkylation sites (tertiary alicyclic amines) is 1. The third-order valence-electron chi connectivity index (χ3n) is 4.66. The van der Waals surface area contributed by atoms with Crippen molar-refractivity contribution in [3.05, 3.63) is 24.0 Å². The van der Waals surface area contributed by atoms with Gasteiger partial charge in [-0.15, -0.1) is 0 Å². The van der Waals surface area contributed by atoms with Gasteiger partial charge in [0.05, 0.1) is 0 Å². The normalized spacial score (nSPS) is 20.4. The number of carbonyl (C=O) groups is 1. The standard InChI is InChI=1S/C16H20F3N3O/c17-16(18,19)14-10-13(3-6-20-14)21-8-4-12(5-9-21)11-22-7-1-2-15(22)23/h3,6,10,12H,1-2,4-5,7-9,11H2. The van der Waals surface area contributed by atoms with E-state index in [0.717, 1.165) is 38.4 Å². The lowest BCUT2D eigenvalue weighted by Gasteiger charge is -2.35. The highest BCUT2D eigenvalue weighted by Gasteiger charge is 2.33. The highest BCUT2D eigenvalue weighted by Crippen LogP contribution is 2.31. The number of halogens is 3. The van der Waals surface area contributed by atoms with E-state index in [-0.39, 0.29) is 5.91 Å². The predicted molar refractivity (Wildman–Crippen MR) is 80.0 cm³/mol. The van der Waals surface area contributed by atoms with Crippen LogP contribution in [-0.2, 0) is 11.0 Å². The van der Waals surface area contributed by atoms with Crippen molar-refractivity contribution in [2.45, 2.75) is 31.9 Å². The van der Waals surface area contributed by atoms with Gasteiger partial charge in [0.15, 0.2) is 0 Å². The molecule has 3 rings (SSSR count). The van der Waals surface area contributed by atoms with Gasteiger partial charge in [-0.3, -0.25) is 9.78 Å². The molecular formula is C16H20F3N3O. The number of carbonyl (C=O) groups excluding carboxylic acids is 1. The highest BCUT2D eigenvalue weighted by molar-refractivity contribution is 5.78. The van der Waals surface area contributed by atoms with Crippen LogP contribution in [0.1, 0.15) is 31.4 Å². The van der Waals surface area contributed by atoms with E-state index in [9.17, 15) is 18.0 Å². The summed E-state index contributed by atoms with van der Waals surface area (Å²) < 4.78 is 38.2. The van der Waals surface area contributed by atoms with Gasteiger partial charge in [0, 0.05) is 44.5 Å². The quantitative estimate of drug-likeness (QED) is 0.856. The molecule has 0 aromatic carbocycles. The summed E-state index contributed by atoms with van der Waals surface area (Å²) in [5.41, 5.74) is -0.275. The van der Waals surface area contributed by atoms with Gasteiger partial charge >= 0.3 is 6.18 Å². The monoisotopic (exact) mass is 327 g/mol. The number of hydrogen-bond acceptors (Lipinski definition) is 3. The lowest BCUT2D eigenvalue weighted by atomic mass is 9.96. The number of rotatable bonds is 3. The van der Waals surface area contributed by atoms with Gasteiger partial charge in [-0.1, -0.05) is 0 Å². The van der Waals surface area contributed by atoms with E-state index in [1.165, 1.54) is 6.20 Å². The van der Waals surface area contributed by atoms with Crippen LogP contribution in [0.25, 0.3) is 0 Å². The zero-order valence-corrected chi connectivity index (χ0v) is 12.9. The predicted octanol–water partition coefficient (Wildman–Crippen LogP) is 2.94. The van der Waals surface area contributed by atoms with Crippen LogP contribution in [-0.4, -0.2) is 42.0 Å². The second-order valence-electron chi connectivity index (χ2n) is 6.27. The zero-order valence-electron chi connectivity index (χ0n) is 12.9. The van der Waals surface area contributed by atoms with Crippen molar-refractivity contribution in [2.24, 2.45) is 5.92 Å². The van der Waals surface area contributed by atoms with E-state index in [0.29, 0.717) is 31.1 Å². The Morgan fingerprint density at radius 3 is 2.57 bits per heavy atom. The number of nitrogens with zero attached hydrogens (tertiary/aromatic N) is 3. The van der Waals surface area contributed by atoms with E-state index < -0.39 is 11.9 Å². The van der Waals surface area contributed by atoms with Crippen LogP contribution in [0, 0.1) is 5.92 Å². The third kappa shape index (κ3) is 3.76. The summed E-state index contributed by atoms with van der Waals surface area (Å²) in [6.07, 6.45) is 0.184. The average Bonchev–Trinajstić information content (AvgIpc) is 2.92. The van der Waals surface area contributed by atoms with Gasteiger partial charge in [-0.05, 0) is 37.3 Å². The Morgan fingerprint density at radius 1 is 1.22 bits per heavy atom. The van der Waals surface area contributed by atoms with Gasteiger partial charge in [0.1, 0.15) is 5.69 Å². The van der Waals surface area contributed by atoms with Crippen LogP contribution < -0.4 is 4.90 Å². The SMILES string of the molecule is O=C1CCCN1CC1CCN(c2ccnc(C(F)(F)F)c2)CC1. The molecule has 1 aromatic heterocycles. The Morgan fingerprint density at radius 2 is 1.96 bits per heavy atom. The maximum absolute atomic E-state index is 12.7. The summed E-state index contributed by atoms with van der Waals surface area (Å²) in [4.78, 5) is 19.0. The second-order valence-corrected chi connectivity index (χ2v) is 6.27.